The molecule has 0 aliphatic heterocycles. The lowest BCUT2D eigenvalue weighted by Crippen LogP contribution is -2.12. The molecule has 0 aliphatic rings. The molecule has 0 spiro atoms. The molecule has 5 heteroatoms. The van der Waals surface area contributed by atoms with Crippen molar-refractivity contribution in [2.75, 3.05) is 13.7 Å². The van der Waals surface area contributed by atoms with Gasteiger partial charge < -0.3 is 15.2 Å². The molecule has 0 amide bonds. The molecule has 0 unspecified atom stereocenters. The van der Waals surface area contributed by atoms with E-state index < -0.39 is 0 Å². The van der Waals surface area contributed by atoms with Crippen molar-refractivity contribution in [3.63, 3.8) is 0 Å². The number of hydrogen-bond acceptors (Lipinski definition) is 3. The number of rotatable bonds is 6. The first-order valence-corrected chi connectivity index (χ1v) is 7.29. The first-order chi connectivity index (χ1) is 10.1. The van der Waals surface area contributed by atoms with E-state index in [2.05, 4.69) is 15.9 Å². The van der Waals surface area contributed by atoms with E-state index in [9.17, 15) is 0 Å². The summed E-state index contributed by atoms with van der Waals surface area (Å²) in [6, 6.07) is 13.2. The van der Waals surface area contributed by atoms with Gasteiger partial charge in [0.15, 0.2) is 0 Å². The van der Waals surface area contributed by atoms with Gasteiger partial charge in [0.2, 0.25) is 0 Å². The molecule has 0 aliphatic carbocycles. The normalized spacial score (nSPS) is 10.4. The van der Waals surface area contributed by atoms with E-state index >= 15 is 0 Å². The van der Waals surface area contributed by atoms with E-state index in [0.717, 1.165) is 10.9 Å². The molecule has 4 nitrogen and oxygen atoms in total. The number of halogens is 1. The molecule has 0 saturated heterocycles. The number of benzene rings is 2. The van der Waals surface area contributed by atoms with Crippen molar-refractivity contribution in [1.29, 1.82) is 5.41 Å². The average Bonchev–Trinajstić information content (AvgIpc) is 2.48. The molecule has 0 heterocycles. The minimum atomic E-state index is -0.0250. The topological polar surface area (TPSA) is 68.3 Å². The van der Waals surface area contributed by atoms with Crippen LogP contribution in [0.5, 0.6) is 11.5 Å². The van der Waals surface area contributed by atoms with Crippen molar-refractivity contribution in [3.05, 3.63) is 58.1 Å². The first kappa shape index (κ1) is 15.5. The van der Waals surface area contributed by atoms with Gasteiger partial charge in [-0.15, -0.1) is 0 Å². The SMILES string of the molecule is COCCc1ccc(Oc2ccc(Br)cc2C(=N)N)cc1. The molecule has 110 valence electrons. The zero-order valence-corrected chi connectivity index (χ0v) is 13.3. The molecule has 0 bridgehead atoms. The summed E-state index contributed by atoms with van der Waals surface area (Å²) in [5, 5.41) is 7.61. The molecule has 2 aromatic rings. The summed E-state index contributed by atoms with van der Waals surface area (Å²) in [6.07, 6.45) is 0.869. The second-order valence-corrected chi connectivity index (χ2v) is 5.46. The largest absolute Gasteiger partial charge is 0.457 e. The third-order valence-electron chi connectivity index (χ3n) is 2.98. The van der Waals surface area contributed by atoms with Crippen molar-refractivity contribution in [3.8, 4) is 11.5 Å². The first-order valence-electron chi connectivity index (χ1n) is 6.50. The number of nitrogen functional groups attached to an aromatic ring is 1. The van der Waals surface area contributed by atoms with Crippen LogP contribution in [-0.2, 0) is 11.2 Å². The minimum absolute atomic E-state index is 0.0250. The monoisotopic (exact) mass is 348 g/mol. The Morgan fingerprint density at radius 1 is 1.19 bits per heavy atom. The van der Waals surface area contributed by atoms with Crippen LogP contribution in [0, 0.1) is 5.41 Å². The molecular formula is C16H17BrN2O2. The molecular weight excluding hydrogens is 332 g/mol. The summed E-state index contributed by atoms with van der Waals surface area (Å²) < 4.78 is 11.7. The van der Waals surface area contributed by atoms with Crippen LogP contribution in [0.3, 0.4) is 0 Å². The highest BCUT2D eigenvalue weighted by Gasteiger charge is 2.08. The smallest absolute Gasteiger partial charge is 0.138 e. The molecule has 0 radical (unpaired) electrons. The van der Waals surface area contributed by atoms with Crippen molar-refractivity contribution >= 4 is 21.8 Å². The zero-order chi connectivity index (χ0) is 15.2. The standard InChI is InChI=1S/C16H17BrN2O2/c1-20-9-8-11-2-5-13(6-3-11)21-15-7-4-12(17)10-14(15)16(18)19/h2-7,10H,8-9H2,1H3,(H3,18,19). The summed E-state index contributed by atoms with van der Waals surface area (Å²) in [6.45, 7) is 0.696. The highest BCUT2D eigenvalue weighted by molar-refractivity contribution is 9.10. The van der Waals surface area contributed by atoms with E-state index in [1.807, 2.05) is 30.3 Å². The third-order valence-corrected chi connectivity index (χ3v) is 3.47. The van der Waals surface area contributed by atoms with Gasteiger partial charge in [0.05, 0.1) is 12.2 Å². The quantitative estimate of drug-likeness (QED) is 0.617. The second-order valence-electron chi connectivity index (χ2n) is 4.54. The Labute approximate surface area is 132 Å². The molecule has 3 N–H and O–H groups in total. The number of ether oxygens (including phenoxy) is 2. The van der Waals surface area contributed by atoms with Crippen LogP contribution in [0.15, 0.2) is 46.9 Å². The van der Waals surface area contributed by atoms with Gasteiger partial charge in [-0.3, -0.25) is 5.41 Å². The lowest BCUT2D eigenvalue weighted by Gasteiger charge is -2.11. The van der Waals surface area contributed by atoms with E-state index in [1.165, 1.54) is 5.56 Å². The Morgan fingerprint density at radius 2 is 1.90 bits per heavy atom. The van der Waals surface area contributed by atoms with Gasteiger partial charge in [-0.05, 0) is 42.3 Å². The van der Waals surface area contributed by atoms with Crippen molar-refractivity contribution in [2.24, 2.45) is 5.73 Å². The van der Waals surface area contributed by atoms with Crippen molar-refractivity contribution < 1.29 is 9.47 Å². The fourth-order valence-electron chi connectivity index (χ4n) is 1.87. The number of nitrogens with one attached hydrogen (secondary N) is 1. The lowest BCUT2D eigenvalue weighted by molar-refractivity contribution is 0.202. The van der Waals surface area contributed by atoms with Crippen LogP contribution in [0.4, 0.5) is 0 Å². The summed E-state index contributed by atoms with van der Waals surface area (Å²) in [5.74, 6) is 1.25. The van der Waals surface area contributed by atoms with Crippen LogP contribution in [0.1, 0.15) is 11.1 Å². The van der Waals surface area contributed by atoms with E-state index in [1.54, 1.807) is 19.2 Å². The summed E-state index contributed by atoms with van der Waals surface area (Å²) >= 11 is 3.36. The molecule has 2 rings (SSSR count). The number of amidine groups is 1. The molecule has 21 heavy (non-hydrogen) atoms. The number of methoxy groups -OCH3 is 1. The van der Waals surface area contributed by atoms with Gasteiger partial charge in [0.25, 0.3) is 0 Å². The van der Waals surface area contributed by atoms with Crippen LogP contribution < -0.4 is 10.5 Å². The van der Waals surface area contributed by atoms with Crippen LogP contribution in [-0.4, -0.2) is 19.6 Å². The maximum absolute atomic E-state index is 7.61. The fraction of sp³-hybridized carbons (Fsp3) is 0.188. The van der Waals surface area contributed by atoms with Crippen molar-refractivity contribution in [1.82, 2.24) is 0 Å². The van der Waals surface area contributed by atoms with Crippen LogP contribution in [0.2, 0.25) is 0 Å². The minimum Gasteiger partial charge on any atom is -0.457 e. The zero-order valence-electron chi connectivity index (χ0n) is 11.7. The number of nitrogens with two attached hydrogens (primary N) is 1. The Bertz CT molecular complexity index is 627. The highest BCUT2D eigenvalue weighted by atomic mass is 79.9. The maximum atomic E-state index is 7.61. The highest BCUT2D eigenvalue weighted by Crippen LogP contribution is 2.28. The third kappa shape index (κ3) is 4.31. The average molecular weight is 349 g/mol. The molecule has 0 fully saturated rings. The van der Waals surface area contributed by atoms with Gasteiger partial charge >= 0.3 is 0 Å². The maximum Gasteiger partial charge on any atom is 0.138 e. The Morgan fingerprint density at radius 3 is 2.52 bits per heavy atom. The van der Waals surface area contributed by atoms with Crippen LogP contribution >= 0.6 is 15.9 Å². The van der Waals surface area contributed by atoms with Gasteiger partial charge in [-0.25, -0.2) is 0 Å². The van der Waals surface area contributed by atoms with Crippen LogP contribution in [0.25, 0.3) is 0 Å². The molecule has 0 atom stereocenters. The molecule has 0 saturated carbocycles. The summed E-state index contributed by atoms with van der Waals surface area (Å²) in [5.41, 5.74) is 7.33. The van der Waals surface area contributed by atoms with E-state index in [4.69, 9.17) is 20.6 Å². The summed E-state index contributed by atoms with van der Waals surface area (Å²) in [4.78, 5) is 0. The fourth-order valence-corrected chi connectivity index (χ4v) is 2.23. The van der Waals surface area contributed by atoms with Gasteiger partial charge in [-0.2, -0.15) is 0 Å². The molecule has 2 aromatic carbocycles. The Hall–Kier alpha value is -1.85. The van der Waals surface area contributed by atoms with Crippen molar-refractivity contribution in [2.45, 2.75) is 6.42 Å². The van der Waals surface area contributed by atoms with Gasteiger partial charge in [-0.1, -0.05) is 28.1 Å². The predicted molar refractivity (Wildman–Crippen MR) is 87.3 cm³/mol. The van der Waals surface area contributed by atoms with Gasteiger partial charge in [0.1, 0.15) is 17.3 Å². The Kier molecular flexibility index (Phi) is 5.36. The number of hydrogen-bond donors (Lipinski definition) is 2. The predicted octanol–water partition coefficient (Wildman–Crippen LogP) is 3.71. The van der Waals surface area contributed by atoms with Gasteiger partial charge in [0, 0.05) is 11.6 Å². The van der Waals surface area contributed by atoms with E-state index in [0.29, 0.717) is 23.7 Å². The Balaban J connectivity index is 2.16. The van der Waals surface area contributed by atoms with E-state index in [-0.39, 0.29) is 5.84 Å². The lowest BCUT2D eigenvalue weighted by atomic mass is 10.1. The molecule has 0 aromatic heterocycles. The summed E-state index contributed by atoms with van der Waals surface area (Å²) in [7, 11) is 1.69. The second kappa shape index (κ2) is 7.24.